The summed E-state index contributed by atoms with van der Waals surface area (Å²) in [5.41, 5.74) is 2.07. The van der Waals surface area contributed by atoms with Crippen molar-refractivity contribution < 1.29 is 9.59 Å². The van der Waals surface area contributed by atoms with Crippen LogP contribution in [0.5, 0.6) is 0 Å². The number of carbonyl (C=O) groups is 2. The van der Waals surface area contributed by atoms with Crippen molar-refractivity contribution >= 4 is 29.1 Å². The third kappa shape index (κ3) is 4.62. The molecule has 2 aromatic carbocycles. The molecule has 0 saturated carbocycles. The Kier molecular flexibility index (Phi) is 6.28. The van der Waals surface area contributed by atoms with Crippen LogP contribution in [0.3, 0.4) is 0 Å². The largest absolute Gasteiger partial charge is 0.325 e. The van der Waals surface area contributed by atoms with Crippen molar-refractivity contribution in [2.45, 2.75) is 49.6 Å². The van der Waals surface area contributed by atoms with E-state index in [4.69, 9.17) is 0 Å². The van der Waals surface area contributed by atoms with E-state index >= 15 is 0 Å². The Morgan fingerprint density at radius 3 is 2.67 bits per heavy atom. The van der Waals surface area contributed by atoms with Crippen LogP contribution in [0.1, 0.15) is 53.2 Å². The van der Waals surface area contributed by atoms with E-state index in [-0.39, 0.29) is 11.7 Å². The molecule has 1 aromatic heterocycles. The number of nitrogens with one attached hydrogen (secondary N) is 1. The number of thioether (sulfide) groups is 1. The van der Waals surface area contributed by atoms with Crippen LogP contribution in [0.4, 0.5) is 5.69 Å². The van der Waals surface area contributed by atoms with E-state index in [9.17, 15) is 9.59 Å². The lowest BCUT2D eigenvalue weighted by Crippen LogP contribution is -2.20. The van der Waals surface area contributed by atoms with Crippen LogP contribution >= 0.6 is 11.8 Å². The summed E-state index contributed by atoms with van der Waals surface area (Å²) in [4.78, 5) is 25.0. The first-order valence-electron chi connectivity index (χ1n) is 10.2. The van der Waals surface area contributed by atoms with Crippen molar-refractivity contribution in [1.82, 2.24) is 14.8 Å². The monoisotopic (exact) mass is 420 g/mol. The van der Waals surface area contributed by atoms with Crippen LogP contribution in [0, 0.1) is 0 Å². The number of benzene rings is 2. The van der Waals surface area contributed by atoms with Gasteiger partial charge in [-0.3, -0.25) is 9.59 Å². The average molecular weight is 421 g/mol. The maximum Gasteiger partial charge on any atom is 0.242 e. The van der Waals surface area contributed by atoms with Crippen molar-refractivity contribution in [2.24, 2.45) is 0 Å². The number of nitrogens with zero attached hydrogens (tertiary/aromatic N) is 3. The minimum absolute atomic E-state index is 0.0359. The van der Waals surface area contributed by atoms with Gasteiger partial charge in [-0.2, -0.15) is 0 Å². The molecule has 0 aliphatic carbocycles. The number of Topliss-reactive ketones (excluding diaryl/α,β-unsaturated/α-hetero) is 1. The van der Waals surface area contributed by atoms with Crippen molar-refractivity contribution in [1.29, 1.82) is 0 Å². The summed E-state index contributed by atoms with van der Waals surface area (Å²) < 4.78 is 2.15. The minimum atomic E-state index is -0.483. The van der Waals surface area contributed by atoms with Gasteiger partial charge < -0.3 is 9.88 Å². The first-order chi connectivity index (χ1) is 14.6. The molecule has 7 heteroatoms. The van der Waals surface area contributed by atoms with Crippen LogP contribution in [0.25, 0.3) is 0 Å². The number of hydrogen-bond donors (Lipinski definition) is 1. The molecule has 1 aliphatic heterocycles. The van der Waals surface area contributed by atoms with E-state index in [0.29, 0.717) is 11.3 Å². The van der Waals surface area contributed by atoms with Gasteiger partial charge in [-0.05, 0) is 37.5 Å². The first-order valence-corrected chi connectivity index (χ1v) is 11.1. The molecule has 1 N–H and O–H groups in total. The molecule has 0 radical (unpaired) electrons. The van der Waals surface area contributed by atoms with Gasteiger partial charge in [-0.25, -0.2) is 0 Å². The zero-order valence-corrected chi connectivity index (χ0v) is 17.7. The molecule has 1 aliphatic rings. The smallest absolute Gasteiger partial charge is 0.242 e. The number of ketones is 1. The maximum absolute atomic E-state index is 13.3. The molecule has 0 bridgehead atoms. The van der Waals surface area contributed by atoms with Gasteiger partial charge in [0.25, 0.3) is 0 Å². The number of hydrogen-bond acceptors (Lipinski definition) is 5. The molecule has 154 valence electrons. The van der Waals surface area contributed by atoms with Crippen molar-refractivity contribution in [3.8, 4) is 0 Å². The van der Waals surface area contributed by atoms with Gasteiger partial charge in [-0.15, -0.1) is 10.2 Å². The molecule has 4 rings (SSSR count). The number of aryl methyl sites for hydroxylation is 1. The number of carbonyl (C=O) groups excluding carboxylic acids is 2. The zero-order chi connectivity index (χ0) is 20.9. The predicted octanol–water partition coefficient (Wildman–Crippen LogP) is 4.68. The summed E-state index contributed by atoms with van der Waals surface area (Å²) in [5, 5.41) is 12.0. The predicted molar refractivity (Wildman–Crippen MR) is 118 cm³/mol. The third-order valence-electron chi connectivity index (χ3n) is 5.18. The van der Waals surface area contributed by atoms with Gasteiger partial charge in [0.1, 0.15) is 11.1 Å². The topological polar surface area (TPSA) is 76.9 Å². The summed E-state index contributed by atoms with van der Waals surface area (Å²) in [6.45, 7) is 2.40. The number of fused-ring (bicyclic) bond motifs is 1. The summed E-state index contributed by atoms with van der Waals surface area (Å²) >= 11 is 1.42. The average Bonchev–Trinajstić information content (AvgIpc) is 2.98. The normalized spacial score (nSPS) is 14.4. The van der Waals surface area contributed by atoms with Crippen LogP contribution in [0.15, 0.2) is 59.8 Å². The molecule has 0 fully saturated rings. The molecule has 1 amide bonds. The summed E-state index contributed by atoms with van der Waals surface area (Å²) in [7, 11) is 0. The van der Waals surface area contributed by atoms with E-state index in [0.717, 1.165) is 42.4 Å². The van der Waals surface area contributed by atoms with Gasteiger partial charge in [0.2, 0.25) is 5.91 Å². The number of anilines is 1. The van der Waals surface area contributed by atoms with E-state index in [1.165, 1.54) is 25.1 Å². The SMILES string of the molecule is CC(=O)c1cccc(NC(=O)[C@@H](Sc2nnc3n2CCCCC3)c2ccccc2)c1. The Morgan fingerprint density at radius 1 is 1.03 bits per heavy atom. The lowest BCUT2D eigenvalue weighted by Gasteiger charge is -2.17. The Bertz CT molecular complexity index is 1050. The van der Waals surface area contributed by atoms with Gasteiger partial charge in [0, 0.05) is 24.2 Å². The Morgan fingerprint density at radius 2 is 1.87 bits per heavy atom. The fraction of sp³-hybridized carbons (Fsp3) is 0.304. The summed E-state index contributed by atoms with van der Waals surface area (Å²) in [5.74, 6) is 0.806. The van der Waals surface area contributed by atoms with Crippen LogP contribution in [-0.2, 0) is 17.8 Å². The van der Waals surface area contributed by atoms with Crippen molar-refractivity contribution in [3.63, 3.8) is 0 Å². The van der Waals surface area contributed by atoms with Crippen LogP contribution < -0.4 is 5.32 Å². The molecule has 0 saturated heterocycles. The Labute approximate surface area is 180 Å². The molecular weight excluding hydrogens is 396 g/mol. The molecule has 3 aromatic rings. The number of rotatable bonds is 6. The lowest BCUT2D eigenvalue weighted by atomic mass is 10.1. The zero-order valence-electron chi connectivity index (χ0n) is 16.9. The second-order valence-corrected chi connectivity index (χ2v) is 8.47. The van der Waals surface area contributed by atoms with Crippen molar-refractivity contribution in [2.75, 3.05) is 5.32 Å². The summed E-state index contributed by atoms with van der Waals surface area (Å²) in [6.07, 6.45) is 4.33. The van der Waals surface area contributed by atoms with Crippen LogP contribution in [0.2, 0.25) is 0 Å². The highest BCUT2D eigenvalue weighted by Gasteiger charge is 2.26. The number of aromatic nitrogens is 3. The van der Waals surface area contributed by atoms with Crippen molar-refractivity contribution in [3.05, 3.63) is 71.5 Å². The Balaban J connectivity index is 1.61. The van der Waals surface area contributed by atoms with Gasteiger partial charge in [0.15, 0.2) is 10.9 Å². The molecule has 30 heavy (non-hydrogen) atoms. The first kappa shape index (κ1) is 20.3. The van der Waals surface area contributed by atoms with Gasteiger partial charge in [0.05, 0.1) is 0 Å². The second-order valence-electron chi connectivity index (χ2n) is 7.40. The highest BCUT2D eigenvalue weighted by molar-refractivity contribution is 8.00. The molecule has 0 unspecified atom stereocenters. The lowest BCUT2D eigenvalue weighted by molar-refractivity contribution is -0.115. The highest BCUT2D eigenvalue weighted by Crippen LogP contribution is 2.36. The Hall–Kier alpha value is -2.93. The maximum atomic E-state index is 13.3. The van der Waals surface area contributed by atoms with Gasteiger partial charge >= 0.3 is 0 Å². The molecule has 0 spiro atoms. The summed E-state index contributed by atoms with van der Waals surface area (Å²) in [6, 6.07) is 16.7. The van der Waals surface area contributed by atoms with E-state index in [2.05, 4.69) is 20.1 Å². The number of amides is 1. The van der Waals surface area contributed by atoms with E-state index in [1.54, 1.807) is 24.3 Å². The quantitative estimate of drug-likeness (QED) is 0.463. The molecule has 6 nitrogen and oxygen atoms in total. The third-order valence-corrected chi connectivity index (χ3v) is 6.41. The fourth-order valence-electron chi connectivity index (χ4n) is 3.58. The molecule has 2 heterocycles. The van der Waals surface area contributed by atoms with E-state index < -0.39 is 5.25 Å². The fourth-order valence-corrected chi connectivity index (χ4v) is 4.66. The van der Waals surface area contributed by atoms with E-state index in [1.807, 2.05) is 30.3 Å². The molecule has 1 atom stereocenters. The van der Waals surface area contributed by atoms with Crippen LogP contribution in [-0.4, -0.2) is 26.5 Å². The molecular formula is C23H24N4O2S. The van der Waals surface area contributed by atoms with Gasteiger partial charge in [-0.1, -0.05) is 60.6 Å². The second kappa shape index (κ2) is 9.26. The standard InChI is InChI=1S/C23H24N4O2S/c1-16(28)18-11-8-12-19(15-18)24-22(29)21(17-9-4-2-5-10-17)30-23-26-25-20-13-6-3-7-14-27(20)23/h2,4-5,8-12,15,21H,3,6-7,13-14H2,1H3,(H,24,29)/t21-/m0/s1. The highest BCUT2D eigenvalue weighted by atomic mass is 32.2. The minimum Gasteiger partial charge on any atom is -0.325 e.